The number of ether oxygens (including phenoxy) is 1. The molecule has 33 heavy (non-hydrogen) atoms. The van der Waals surface area contributed by atoms with E-state index in [0.717, 1.165) is 6.07 Å². The second kappa shape index (κ2) is 9.54. The molecule has 1 saturated heterocycles. The molecule has 8 nitrogen and oxygen atoms in total. The number of aromatic nitrogens is 1. The molecule has 4 rings (SSSR count). The molecule has 1 aromatic heterocycles. The van der Waals surface area contributed by atoms with Gasteiger partial charge in [0.2, 0.25) is 0 Å². The minimum Gasteiger partial charge on any atom is -0.480 e. The van der Waals surface area contributed by atoms with Crippen LogP contribution < -0.4 is 5.32 Å². The lowest BCUT2D eigenvalue weighted by molar-refractivity contribution is -0.153. The number of nitrogens with one attached hydrogen (secondary N) is 1. The molecule has 3 atom stereocenters. The van der Waals surface area contributed by atoms with Crippen LogP contribution in [0, 0.1) is 5.82 Å². The van der Waals surface area contributed by atoms with Crippen molar-refractivity contribution in [3.05, 3.63) is 62.5 Å². The van der Waals surface area contributed by atoms with Crippen molar-refractivity contribution in [1.29, 1.82) is 0 Å². The van der Waals surface area contributed by atoms with Gasteiger partial charge in [-0.3, -0.25) is 14.7 Å². The average molecular weight is 497 g/mol. The van der Waals surface area contributed by atoms with Crippen LogP contribution in [0.5, 0.6) is 0 Å². The summed E-state index contributed by atoms with van der Waals surface area (Å²) in [5.41, 5.74) is 0.727. The number of aliphatic imine (C=N–C) groups is 1. The van der Waals surface area contributed by atoms with E-state index in [1.165, 1.54) is 28.4 Å². The number of carboxylic acids is 1. The summed E-state index contributed by atoms with van der Waals surface area (Å²) >= 11 is 7.60. The topological polar surface area (TPSA) is 104 Å². The number of halogens is 3. The van der Waals surface area contributed by atoms with Crippen molar-refractivity contribution in [3.63, 3.8) is 0 Å². The molecule has 0 spiro atoms. The molecule has 3 heterocycles. The van der Waals surface area contributed by atoms with Crippen LogP contribution in [0.3, 0.4) is 0 Å². The predicted octanol–water partition coefficient (Wildman–Crippen LogP) is 2.95. The Morgan fingerprint density at radius 1 is 1.42 bits per heavy atom. The van der Waals surface area contributed by atoms with Crippen molar-refractivity contribution in [2.75, 3.05) is 19.7 Å². The number of benzene rings is 1. The highest BCUT2D eigenvalue weighted by Gasteiger charge is 2.46. The Labute approximate surface area is 196 Å². The smallest absolute Gasteiger partial charge is 0.338 e. The summed E-state index contributed by atoms with van der Waals surface area (Å²) in [7, 11) is 0. The van der Waals surface area contributed by atoms with Gasteiger partial charge >= 0.3 is 11.9 Å². The molecule has 1 aromatic carbocycles. The largest absolute Gasteiger partial charge is 0.480 e. The number of rotatable bonds is 7. The highest BCUT2D eigenvalue weighted by Crippen LogP contribution is 2.37. The maximum Gasteiger partial charge on any atom is 0.338 e. The van der Waals surface area contributed by atoms with Gasteiger partial charge in [-0.25, -0.2) is 18.6 Å². The molecule has 2 unspecified atom stereocenters. The van der Waals surface area contributed by atoms with E-state index < -0.39 is 36.0 Å². The monoisotopic (exact) mass is 496 g/mol. The third-order valence-electron chi connectivity index (χ3n) is 5.27. The van der Waals surface area contributed by atoms with E-state index in [-0.39, 0.29) is 36.0 Å². The number of carbonyl (C=O) groups excluding carboxylic acids is 1. The second-order valence-corrected chi connectivity index (χ2v) is 8.65. The van der Waals surface area contributed by atoms with E-state index in [0.29, 0.717) is 16.4 Å². The number of nitrogens with zero attached hydrogens (tertiary/aromatic N) is 3. The van der Waals surface area contributed by atoms with E-state index in [9.17, 15) is 23.5 Å². The van der Waals surface area contributed by atoms with Crippen LogP contribution in [0.25, 0.3) is 0 Å². The first-order valence-corrected chi connectivity index (χ1v) is 11.3. The van der Waals surface area contributed by atoms with Crippen LogP contribution in [0.2, 0.25) is 5.02 Å². The summed E-state index contributed by atoms with van der Waals surface area (Å²) < 4.78 is 32.9. The summed E-state index contributed by atoms with van der Waals surface area (Å²) in [4.78, 5) is 34.7. The number of carbonyl (C=O) groups is 2. The van der Waals surface area contributed by atoms with Crippen molar-refractivity contribution in [2.45, 2.75) is 25.2 Å². The molecular weight excluding hydrogens is 478 g/mol. The molecule has 2 aromatic rings. The fourth-order valence-corrected chi connectivity index (χ4v) is 4.63. The van der Waals surface area contributed by atoms with Gasteiger partial charge < -0.3 is 15.2 Å². The Morgan fingerprint density at radius 3 is 2.82 bits per heavy atom. The minimum absolute atomic E-state index is 0.0569. The maximum atomic E-state index is 13.9. The fourth-order valence-electron chi connectivity index (χ4n) is 3.77. The number of hydrogen-bond donors (Lipinski definition) is 2. The van der Waals surface area contributed by atoms with Gasteiger partial charge in [0.25, 0.3) is 0 Å². The van der Waals surface area contributed by atoms with Crippen LogP contribution in [0.15, 0.2) is 46.0 Å². The minimum atomic E-state index is -1.52. The van der Waals surface area contributed by atoms with Crippen LogP contribution in [0.4, 0.5) is 8.78 Å². The van der Waals surface area contributed by atoms with Gasteiger partial charge in [0.05, 0.1) is 12.2 Å². The van der Waals surface area contributed by atoms with Gasteiger partial charge in [0.15, 0.2) is 10.8 Å². The molecule has 1 fully saturated rings. The Hall–Kier alpha value is -2.89. The molecule has 2 aliphatic heterocycles. The fraction of sp³-hybridized carbons (Fsp3) is 0.333. The number of carboxylic acid groups (broad SMARTS) is 1. The lowest BCUT2D eigenvalue weighted by Crippen LogP contribution is -2.63. The van der Waals surface area contributed by atoms with E-state index >= 15 is 0 Å². The summed E-state index contributed by atoms with van der Waals surface area (Å²) in [5, 5.41) is 14.7. The number of aliphatic carboxylic acids is 1. The molecule has 0 aliphatic carbocycles. The van der Waals surface area contributed by atoms with Gasteiger partial charge in [-0.2, -0.15) is 0 Å². The lowest BCUT2D eigenvalue weighted by atomic mass is 9.93. The number of amidine groups is 1. The van der Waals surface area contributed by atoms with E-state index in [1.54, 1.807) is 18.5 Å². The van der Waals surface area contributed by atoms with Gasteiger partial charge in [0.1, 0.15) is 24.1 Å². The molecule has 0 amide bonds. The molecule has 0 bridgehead atoms. The molecule has 174 valence electrons. The number of thiazole rings is 1. The van der Waals surface area contributed by atoms with E-state index in [4.69, 9.17) is 16.3 Å². The molecule has 0 radical (unpaired) electrons. The Morgan fingerprint density at radius 2 is 2.21 bits per heavy atom. The first-order valence-electron chi connectivity index (χ1n) is 10.0. The second-order valence-electron chi connectivity index (χ2n) is 7.35. The van der Waals surface area contributed by atoms with Crippen LogP contribution in [-0.2, 0) is 14.3 Å². The zero-order valence-corrected chi connectivity index (χ0v) is 18.9. The number of esters is 1. The van der Waals surface area contributed by atoms with Crippen molar-refractivity contribution < 1.29 is 28.2 Å². The van der Waals surface area contributed by atoms with Crippen LogP contribution in [-0.4, -0.2) is 64.7 Å². The molecular formula is C21H19ClF2N4O4S. The van der Waals surface area contributed by atoms with Gasteiger partial charge in [-0.1, -0.05) is 17.7 Å². The normalized spacial score (nSPS) is 22.9. The summed E-state index contributed by atoms with van der Waals surface area (Å²) in [5.74, 6) is -2.23. The van der Waals surface area contributed by atoms with E-state index in [1.807, 2.05) is 0 Å². The highest BCUT2D eigenvalue weighted by atomic mass is 35.5. The molecule has 12 heteroatoms. The summed E-state index contributed by atoms with van der Waals surface area (Å²) in [6, 6.07) is 1.43. The first-order chi connectivity index (χ1) is 15.8. The first kappa shape index (κ1) is 23.3. The highest BCUT2D eigenvalue weighted by molar-refractivity contribution is 7.11. The van der Waals surface area contributed by atoms with Crippen LogP contribution in [0.1, 0.15) is 23.5 Å². The van der Waals surface area contributed by atoms with Crippen molar-refractivity contribution in [1.82, 2.24) is 15.2 Å². The van der Waals surface area contributed by atoms with Crippen molar-refractivity contribution in [2.24, 2.45) is 4.99 Å². The predicted molar refractivity (Wildman–Crippen MR) is 117 cm³/mol. The quantitative estimate of drug-likeness (QED) is 0.568. The summed E-state index contributed by atoms with van der Waals surface area (Å²) in [6.45, 7) is 1.54. The molecule has 2 aliphatic rings. The number of likely N-dealkylation sites (tertiary alicyclic amines) is 1. The zero-order chi connectivity index (χ0) is 23.7. The SMILES string of the molecule is CCOC(=O)C1=C(CN2CC(F)C2C(=O)O)NC(c2nccs2)=N[C@H]1c1ccc(F)cc1Cl. The molecule has 0 saturated carbocycles. The standard InChI is InChI=1S/C21H19ClF2N4O4S/c1-2-32-21(31)15-14(9-28-8-13(24)17(28)20(29)30)26-18(19-25-5-6-33-19)27-16(15)11-4-3-10(23)7-12(11)22/h3-7,13,16-17H,2,8-9H2,1H3,(H,26,27)(H,29,30)/t13?,16-,17?/m0/s1. The number of hydrogen-bond acceptors (Lipinski definition) is 8. The van der Waals surface area contributed by atoms with E-state index in [2.05, 4.69) is 15.3 Å². The van der Waals surface area contributed by atoms with Crippen LogP contribution >= 0.6 is 22.9 Å². The third kappa shape index (κ3) is 4.61. The van der Waals surface area contributed by atoms with Crippen molar-refractivity contribution in [3.8, 4) is 0 Å². The Balaban J connectivity index is 1.82. The van der Waals surface area contributed by atoms with Crippen molar-refractivity contribution >= 4 is 40.7 Å². The van der Waals surface area contributed by atoms with Gasteiger partial charge in [-0.05, 0) is 19.1 Å². The van der Waals surface area contributed by atoms with Gasteiger partial charge in [0, 0.05) is 40.9 Å². The zero-order valence-electron chi connectivity index (χ0n) is 17.3. The molecule has 2 N–H and O–H groups in total. The third-order valence-corrected chi connectivity index (χ3v) is 6.38. The Bertz CT molecular complexity index is 1140. The van der Waals surface area contributed by atoms with Gasteiger partial charge in [-0.15, -0.1) is 11.3 Å². The Kier molecular flexibility index (Phi) is 6.73. The lowest BCUT2D eigenvalue weighted by Gasteiger charge is -2.42. The average Bonchev–Trinajstić information content (AvgIpc) is 3.27. The maximum absolute atomic E-state index is 13.9. The summed E-state index contributed by atoms with van der Waals surface area (Å²) in [6.07, 6.45) is 0.0601. The number of alkyl halides is 1.